The summed E-state index contributed by atoms with van der Waals surface area (Å²) in [6, 6.07) is 0. The molecule has 0 aliphatic rings. The number of hydrogen-bond donors (Lipinski definition) is 0. The lowest BCUT2D eigenvalue weighted by Gasteiger charge is -1.99. The zero-order valence-electron chi connectivity index (χ0n) is 6.04. The molecule has 0 fully saturated rings. The van der Waals surface area contributed by atoms with Crippen molar-refractivity contribution in [3.63, 3.8) is 0 Å². The summed E-state index contributed by atoms with van der Waals surface area (Å²) < 4.78 is 0.894. The summed E-state index contributed by atoms with van der Waals surface area (Å²) in [5.74, 6) is 0. The highest BCUT2D eigenvalue weighted by Gasteiger charge is 2.18. The molecule has 0 bridgehead atoms. The summed E-state index contributed by atoms with van der Waals surface area (Å²) in [6.07, 6.45) is 1.52. The standard InChI is InChI=1S/C6H4Br2N2O2/c1-3-4(7)2-9-6(8)5(3)10(11)12/h2H,1H3. The molecule has 12 heavy (non-hydrogen) atoms. The first-order chi connectivity index (χ1) is 5.54. The average Bonchev–Trinajstić information content (AvgIpc) is 1.97. The molecule has 6 heteroatoms. The van der Waals surface area contributed by atoms with Crippen molar-refractivity contribution in [2.45, 2.75) is 6.92 Å². The molecular formula is C6H4Br2N2O2. The first-order valence-electron chi connectivity index (χ1n) is 2.99. The molecule has 0 aliphatic carbocycles. The predicted octanol–water partition coefficient (Wildman–Crippen LogP) is 2.82. The van der Waals surface area contributed by atoms with Gasteiger partial charge in [-0.3, -0.25) is 10.1 Å². The second-order valence-electron chi connectivity index (χ2n) is 2.13. The summed E-state index contributed by atoms with van der Waals surface area (Å²) in [5, 5.41) is 10.5. The van der Waals surface area contributed by atoms with Crippen molar-refractivity contribution in [2.24, 2.45) is 0 Å². The fourth-order valence-corrected chi connectivity index (χ4v) is 1.59. The van der Waals surface area contributed by atoms with Gasteiger partial charge in [-0.15, -0.1) is 0 Å². The number of aromatic nitrogens is 1. The Morgan fingerprint density at radius 2 is 2.17 bits per heavy atom. The van der Waals surface area contributed by atoms with E-state index in [4.69, 9.17) is 0 Å². The van der Waals surface area contributed by atoms with Crippen molar-refractivity contribution in [1.29, 1.82) is 0 Å². The van der Waals surface area contributed by atoms with Crippen LogP contribution in [0.4, 0.5) is 5.69 Å². The van der Waals surface area contributed by atoms with Crippen molar-refractivity contribution in [3.8, 4) is 0 Å². The highest BCUT2D eigenvalue weighted by molar-refractivity contribution is 9.11. The van der Waals surface area contributed by atoms with Gasteiger partial charge >= 0.3 is 5.69 Å². The molecule has 0 aromatic carbocycles. The van der Waals surface area contributed by atoms with E-state index >= 15 is 0 Å². The number of nitro groups is 1. The Morgan fingerprint density at radius 1 is 1.58 bits per heavy atom. The van der Waals surface area contributed by atoms with E-state index in [0.717, 1.165) is 0 Å². The van der Waals surface area contributed by atoms with Crippen LogP contribution >= 0.6 is 31.9 Å². The molecular weight excluding hydrogens is 292 g/mol. The third kappa shape index (κ3) is 1.64. The van der Waals surface area contributed by atoms with Crippen molar-refractivity contribution in [1.82, 2.24) is 4.98 Å². The van der Waals surface area contributed by atoms with Crippen LogP contribution in [0.2, 0.25) is 0 Å². The summed E-state index contributed by atoms with van der Waals surface area (Å²) in [5.41, 5.74) is 0.575. The highest BCUT2D eigenvalue weighted by atomic mass is 79.9. The molecule has 0 N–H and O–H groups in total. The van der Waals surface area contributed by atoms with E-state index in [-0.39, 0.29) is 10.3 Å². The molecule has 0 amide bonds. The predicted molar refractivity (Wildman–Crippen MR) is 51.0 cm³/mol. The Morgan fingerprint density at radius 3 is 2.58 bits per heavy atom. The van der Waals surface area contributed by atoms with Gasteiger partial charge < -0.3 is 0 Å². The van der Waals surface area contributed by atoms with Gasteiger partial charge in [-0.25, -0.2) is 4.98 Å². The highest BCUT2D eigenvalue weighted by Crippen LogP contribution is 2.30. The first kappa shape index (κ1) is 9.60. The Bertz CT molecular complexity index is 341. The van der Waals surface area contributed by atoms with E-state index in [0.29, 0.717) is 10.0 Å². The van der Waals surface area contributed by atoms with E-state index in [2.05, 4.69) is 36.8 Å². The summed E-state index contributed by atoms with van der Waals surface area (Å²) >= 11 is 6.17. The van der Waals surface area contributed by atoms with Crippen LogP contribution in [0.15, 0.2) is 15.3 Å². The van der Waals surface area contributed by atoms with Gasteiger partial charge in [0.05, 0.1) is 4.92 Å². The smallest absolute Gasteiger partial charge is 0.258 e. The third-order valence-electron chi connectivity index (χ3n) is 1.38. The molecule has 4 nitrogen and oxygen atoms in total. The van der Waals surface area contributed by atoms with Crippen LogP contribution in [-0.4, -0.2) is 9.91 Å². The Kier molecular flexibility index (Phi) is 2.79. The second-order valence-corrected chi connectivity index (χ2v) is 3.73. The lowest BCUT2D eigenvalue weighted by atomic mass is 10.3. The molecule has 0 aliphatic heterocycles. The van der Waals surface area contributed by atoms with Crippen LogP contribution in [0.25, 0.3) is 0 Å². The molecule has 0 radical (unpaired) electrons. The number of halogens is 2. The average molecular weight is 296 g/mol. The molecule has 0 saturated carbocycles. The molecule has 0 unspecified atom stereocenters. The van der Waals surface area contributed by atoms with Crippen molar-refractivity contribution >= 4 is 37.5 Å². The summed E-state index contributed by atoms with van der Waals surface area (Å²) in [7, 11) is 0. The fourth-order valence-electron chi connectivity index (χ4n) is 0.751. The second kappa shape index (κ2) is 3.49. The maximum absolute atomic E-state index is 10.5. The number of nitrogens with zero attached hydrogens (tertiary/aromatic N) is 2. The van der Waals surface area contributed by atoms with Crippen LogP contribution in [0.3, 0.4) is 0 Å². The third-order valence-corrected chi connectivity index (χ3v) is 2.76. The van der Waals surface area contributed by atoms with E-state index in [1.807, 2.05) is 0 Å². The topological polar surface area (TPSA) is 56.0 Å². The van der Waals surface area contributed by atoms with Crippen molar-refractivity contribution < 1.29 is 4.92 Å². The van der Waals surface area contributed by atoms with Gasteiger partial charge in [0.1, 0.15) is 0 Å². The summed E-state index contributed by atoms with van der Waals surface area (Å²) in [4.78, 5) is 13.8. The van der Waals surface area contributed by atoms with Gasteiger partial charge in [0, 0.05) is 16.2 Å². The minimum absolute atomic E-state index is 0.00405. The number of pyridine rings is 1. The number of hydrogen-bond acceptors (Lipinski definition) is 3. The van der Waals surface area contributed by atoms with Crippen LogP contribution in [0, 0.1) is 17.0 Å². The van der Waals surface area contributed by atoms with Gasteiger partial charge in [-0.2, -0.15) is 0 Å². The van der Waals surface area contributed by atoms with Crippen molar-refractivity contribution in [3.05, 3.63) is 31.0 Å². The quantitative estimate of drug-likeness (QED) is 0.455. The fraction of sp³-hybridized carbons (Fsp3) is 0.167. The molecule has 0 saturated heterocycles. The summed E-state index contributed by atoms with van der Waals surface area (Å²) in [6.45, 7) is 1.66. The van der Waals surface area contributed by atoms with Gasteiger partial charge in [0.25, 0.3) is 0 Å². The van der Waals surface area contributed by atoms with Crippen molar-refractivity contribution in [2.75, 3.05) is 0 Å². The van der Waals surface area contributed by atoms with Crippen LogP contribution in [-0.2, 0) is 0 Å². The maximum Gasteiger partial charge on any atom is 0.305 e. The lowest BCUT2D eigenvalue weighted by molar-refractivity contribution is -0.386. The minimum atomic E-state index is -0.461. The lowest BCUT2D eigenvalue weighted by Crippen LogP contribution is -1.95. The monoisotopic (exact) mass is 294 g/mol. The zero-order chi connectivity index (χ0) is 9.30. The maximum atomic E-state index is 10.5. The Labute approximate surface area is 85.4 Å². The van der Waals surface area contributed by atoms with E-state index in [1.165, 1.54) is 6.20 Å². The van der Waals surface area contributed by atoms with Gasteiger partial charge in [-0.05, 0) is 38.8 Å². The van der Waals surface area contributed by atoms with E-state index < -0.39 is 4.92 Å². The number of rotatable bonds is 1. The first-order valence-corrected chi connectivity index (χ1v) is 4.57. The van der Waals surface area contributed by atoms with Crippen LogP contribution < -0.4 is 0 Å². The normalized spacial score (nSPS) is 9.92. The van der Waals surface area contributed by atoms with Gasteiger partial charge in [-0.1, -0.05) is 0 Å². The van der Waals surface area contributed by atoms with Gasteiger partial charge in [0.2, 0.25) is 0 Å². The Hall–Kier alpha value is -0.490. The minimum Gasteiger partial charge on any atom is -0.258 e. The largest absolute Gasteiger partial charge is 0.305 e. The Balaban J connectivity index is 3.43. The molecule has 1 aromatic heterocycles. The molecule has 1 rings (SSSR count). The molecule has 1 heterocycles. The molecule has 0 atom stereocenters. The molecule has 0 spiro atoms. The molecule has 1 aromatic rings. The van der Waals surface area contributed by atoms with E-state index in [1.54, 1.807) is 6.92 Å². The van der Waals surface area contributed by atoms with Gasteiger partial charge in [0.15, 0.2) is 4.60 Å². The SMILES string of the molecule is Cc1c(Br)cnc(Br)c1[N+](=O)[O-]. The van der Waals surface area contributed by atoms with E-state index in [9.17, 15) is 10.1 Å². The van der Waals surface area contributed by atoms with Crippen LogP contribution in [0.5, 0.6) is 0 Å². The molecule has 64 valence electrons. The zero-order valence-corrected chi connectivity index (χ0v) is 9.22. The van der Waals surface area contributed by atoms with Crippen LogP contribution in [0.1, 0.15) is 5.56 Å².